The maximum Gasteiger partial charge on any atom is 0.351 e. The number of fused-ring (bicyclic) bond motifs is 1. The van der Waals surface area contributed by atoms with Gasteiger partial charge in [-0.3, -0.25) is 4.57 Å². The van der Waals surface area contributed by atoms with Crippen molar-refractivity contribution in [2.75, 3.05) is 12.3 Å². The maximum atomic E-state index is 12.4. The Morgan fingerprint density at radius 1 is 0.800 bits per heavy atom. The first-order valence-corrected chi connectivity index (χ1v) is 11.6. The SMILES string of the molecule is Nc1ccn([C@@H]2O[C@H](COC(c3ccccc3)(c3ccccc3)c3ccccc3)[C@@H]3O[C@@H]32)c(=O)n1. The lowest BCUT2D eigenvalue weighted by Gasteiger charge is -2.37. The first kappa shape index (κ1) is 21.7. The average molecular weight is 468 g/mol. The fourth-order valence-corrected chi connectivity index (χ4v) is 4.95. The van der Waals surface area contributed by atoms with E-state index in [1.807, 2.05) is 54.6 Å². The normalized spacial score (nSPS) is 23.1. The summed E-state index contributed by atoms with van der Waals surface area (Å²) in [5, 5.41) is 0. The predicted molar refractivity (Wildman–Crippen MR) is 131 cm³/mol. The summed E-state index contributed by atoms with van der Waals surface area (Å²) >= 11 is 0. The van der Waals surface area contributed by atoms with Gasteiger partial charge in [-0.1, -0.05) is 91.0 Å². The molecule has 0 spiro atoms. The van der Waals surface area contributed by atoms with Crippen LogP contribution in [0, 0.1) is 0 Å². The molecular formula is C28H25N3O4. The third-order valence-electron chi connectivity index (χ3n) is 6.65. The molecule has 2 aliphatic rings. The van der Waals surface area contributed by atoms with Gasteiger partial charge in [0.15, 0.2) is 6.23 Å². The lowest BCUT2D eigenvalue weighted by atomic mass is 9.80. The number of benzene rings is 3. The first-order chi connectivity index (χ1) is 17.2. The molecule has 2 N–H and O–H groups in total. The summed E-state index contributed by atoms with van der Waals surface area (Å²) in [4.78, 5) is 16.2. The Balaban J connectivity index is 1.35. The summed E-state index contributed by atoms with van der Waals surface area (Å²) in [6, 6.07) is 32.1. The van der Waals surface area contributed by atoms with Crippen LogP contribution in [-0.2, 0) is 19.8 Å². The number of nitrogen functional groups attached to an aromatic ring is 1. The Kier molecular flexibility index (Phi) is 5.45. The van der Waals surface area contributed by atoms with E-state index in [0.29, 0.717) is 0 Å². The van der Waals surface area contributed by atoms with Gasteiger partial charge < -0.3 is 19.9 Å². The smallest absolute Gasteiger partial charge is 0.351 e. The number of rotatable bonds is 7. The number of hydrogen-bond donors (Lipinski definition) is 1. The zero-order valence-electron chi connectivity index (χ0n) is 18.9. The molecule has 0 radical (unpaired) electrons. The number of aromatic nitrogens is 2. The number of nitrogens with two attached hydrogens (primary N) is 1. The molecule has 0 unspecified atom stereocenters. The lowest BCUT2D eigenvalue weighted by molar-refractivity contribution is -0.117. The van der Waals surface area contributed by atoms with E-state index in [1.165, 1.54) is 4.57 Å². The molecule has 2 aliphatic heterocycles. The number of nitrogens with zero attached hydrogens (tertiary/aromatic N) is 2. The van der Waals surface area contributed by atoms with Gasteiger partial charge in [0, 0.05) is 6.20 Å². The second-order valence-corrected chi connectivity index (χ2v) is 8.76. The minimum absolute atomic E-state index is 0.149. The van der Waals surface area contributed by atoms with Gasteiger partial charge in [0.2, 0.25) is 0 Å². The van der Waals surface area contributed by atoms with Crippen LogP contribution in [0.2, 0.25) is 0 Å². The summed E-state index contributed by atoms with van der Waals surface area (Å²) < 4.78 is 20.4. The van der Waals surface area contributed by atoms with Crippen molar-refractivity contribution in [3.05, 3.63) is 130 Å². The van der Waals surface area contributed by atoms with Crippen molar-refractivity contribution >= 4 is 5.82 Å². The second kappa shape index (κ2) is 8.78. The minimum Gasteiger partial charge on any atom is -0.383 e. The molecule has 7 heteroatoms. The van der Waals surface area contributed by atoms with Crippen LogP contribution in [-0.4, -0.2) is 34.5 Å². The van der Waals surface area contributed by atoms with E-state index in [-0.39, 0.29) is 30.7 Å². The topological polar surface area (TPSA) is 91.9 Å². The average Bonchev–Trinajstić information content (AvgIpc) is 3.62. The van der Waals surface area contributed by atoms with Gasteiger partial charge in [-0.05, 0) is 22.8 Å². The second-order valence-electron chi connectivity index (χ2n) is 8.76. The van der Waals surface area contributed by atoms with Crippen LogP contribution in [0.25, 0.3) is 0 Å². The van der Waals surface area contributed by atoms with Gasteiger partial charge >= 0.3 is 5.69 Å². The van der Waals surface area contributed by atoms with E-state index >= 15 is 0 Å². The molecule has 7 nitrogen and oxygen atoms in total. The number of ether oxygens (including phenoxy) is 3. The third-order valence-corrected chi connectivity index (χ3v) is 6.65. The van der Waals surface area contributed by atoms with Crippen molar-refractivity contribution in [3.63, 3.8) is 0 Å². The molecule has 0 bridgehead atoms. The summed E-state index contributed by atoms with van der Waals surface area (Å²) in [5.74, 6) is 0.177. The minimum atomic E-state index is -0.852. The Morgan fingerprint density at radius 3 is 1.86 bits per heavy atom. The van der Waals surface area contributed by atoms with Crippen molar-refractivity contribution in [2.24, 2.45) is 0 Å². The van der Waals surface area contributed by atoms with Gasteiger partial charge in [-0.15, -0.1) is 0 Å². The molecular weight excluding hydrogens is 442 g/mol. The molecule has 4 aromatic rings. The van der Waals surface area contributed by atoms with Crippen molar-refractivity contribution in [1.82, 2.24) is 9.55 Å². The van der Waals surface area contributed by atoms with Crippen LogP contribution in [0.3, 0.4) is 0 Å². The molecule has 1 aromatic heterocycles. The molecule has 176 valence electrons. The predicted octanol–water partition coefficient (Wildman–Crippen LogP) is 3.50. The third kappa shape index (κ3) is 3.83. The van der Waals surface area contributed by atoms with E-state index in [9.17, 15) is 4.79 Å². The highest BCUT2D eigenvalue weighted by atomic mass is 16.7. The molecule has 35 heavy (non-hydrogen) atoms. The summed E-state index contributed by atoms with van der Waals surface area (Å²) in [6.45, 7) is 0.271. The van der Waals surface area contributed by atoms with Crippen molar-refractivity contribution in [2.45, 2.75) is 30.1 Å². The largest absolute Gasteiger partial charge is 0.383 e. The van der Waals surface area contributed by atoms with Crippen molar-refractivity contribution < 1.29 is 14.2 Å². The van der Waals surface area contributed by atoms with Crippen LogP contribution in [0.15, 0.2) is 108 Å². The van der Waals surface area contributed by atoms with Gasteiger partial charge in [0.25, 0.3) is 0 Å². The number of hydrogen-bond acceptors (Lipinski definition) is 6. The van der Waals surface area contributed by atoms with Crippen molar-refractivity contribution in [1.29, 1.82) is 0 Å². The van der Waals surface area contributed by atoms with Crippen LogP contribution < -0.4 is 11.4 Å². The van der Waals surface area contributed by atoms with Crippen LogP contribution >= 0.6 is 0 Å². The molecule has 0 aliphatic carbocycles. The van der Waals surface area contributed by atoms with Gasteiger partial charge in [0.1, 0.15) is 29.7 Å². The highest BCUT2D eigenvalue weighted by molar-refractivity contribution is 5.47. The molecule has 4 atom stereocenters. The lowest BCUT2D eigenvalue weighted by Crippen LogP contribution is -2.37. The molecule has 3 heterocycles. The van der Waals surface area contributed by atoms with Gasteiger partial charge in [-0.25, -0.2) is 4.79 Å². The van der Waals surface area contributed by atoms with Gasteiger partial charge in [-0.2, -0.15) is 4.98 Å². The molecule has 2 fully saturated rings. The highest BCUT2D eigenvalue weighted by Gasteiger charge is 2.59. The highest BCUT2D eigenvalue weighted by Crippen LogP contribution is 2.46. The zero-order chi connectivity index (χ0) is 23.8. The Hall–Kier alpha value is -3.78. The van der Waals surface area contributed by atoms with E-state index in [2.05, 4.69) is 41.4 Å². The number of anilines is 1. The van der Waals surface area contributed by atoms with E-state index < -0.39 is 17.5 Å². The molecule has 2 saturated heterocycles. The first-order valence-electron chi connectivity index (χ1n) is 11.6. The van der Waals surface area contributed by atoms with Crippen LogP contribution in [0.1, 0.15) is 22.9 Å². The Bertz CT molecular complexity index is 1260. The fraction of sp³-hybridized carbons (Fsp3) is 0.214. The summed E-state index contributed by atoms with van der Waals surface area (Å²) in [6.07, 6.45) is 0.328. The van der Waals surface area contributed by atoms with Crippen LogP contribution in [0.5, 0.6) is 0 Å². The summed E-state index contributed by atoms with van der Waals surface area (Å²) in [7, 11) is 0. The van der Waals surface area contributed by atoms with E-state index in [0.717, 1.165) is 16.7 Å². The number of epoxide rings is 1. The Morgan fingerprint density at radius 2 is 1.34 bits per heavy atom. The van der Waals surface area contributed by atoms with E-state index in [1.54, 1.807) is 12.3 Å². The molecule has 6 rings (SSSR count). The fourth-order valence-electron chi connectivity index (χ4n) is 4.95. The van der Waals surface area contributed by atoms with Gasteiger partial charge in [0.05, 0.1) is 6.61 Å². The maximum absolute atomic E-state index is 12.4. The standard InChI is InChI=1S/C28H25N3O4/c29-23-16-17-31(27(32)30-23)26-25-24(35-25)22(34-26)18-33-28(19-10-4-1-5-11-19,20-12-6-2-7-13-20)21-14-8-3-9-15-21/h1-17,22,24-26H,18H2,(H2,29,30,32)/t22-,24+,25+,26-/m1/s1. The zero-order valence-corrected chi connectivity index (χ0v) is 18.9. The van der Waals surface area contributed by atoms with Crippen molar-refractivity contribution in [3.8, 4) is 0 Å². The quantitative estimate of drug-likeness (QED) is 0.330. The molecule has 0 saturated carbocycles. The Labute approximate surface area is 202 Å². The monoisotopic (exact) mass is 467 g/mol. The summed E-state index contributed by atoms with van der Waals surface area (Å²) in [5.41, 5.74) is 7.37. The van der Waals surface area contributed by atoms with Crippen LogP contribution in [0.4, 0.5) is 5.82 Å². The molecule has 0 amide bonds. The molecule has 3 aromatic carbocycles. The van der Waals surface area contributed by atoms with E-state index in [4.69, 9.17) is 19.9 Å².